The molecule has 6 nitrogen and oxygen atoms in total. The summed E-state index contributed by atoms with van der Waals surface area (Å²) in [4.78, 5) is 27.2. The van der Waals surface area contributed by atoms with E-state index in [0.717, 1.165) is 5.56 Å². The molecule has 1 amide bonds. The lowest BCUT2D eigenvalue weighted by molar-refractivity contribution is -0.127. The van der Waals surface area contributed by atoms with E-state index in [1.807, 2.05) is 31.2 Å². The van der Waals surface area contributed by atoms with E-state index in [1.54, 1.807) is 24.3 Å². The number of halogens is 1. The van der Waals surface area contributed by atoms with E-state index < -0.39 is 5.97 Å². The maximum atomic E-state index is 13.4. The summed E-state index contributed by atoms with van der Waals surface area (Å²) in [5.74, 6) is -0.178. The molecule has 3 aromatic rings. The van der Waals surface area contributed by atoms with Crippen LogP contribution in [0.4, 0.5) is 4.39 Å². The van der Waals surface area contributed by atoms with E-state index in [2.05, 4.69) is 22.3 Å². The molecule has 1 aliphatic rings. The second-order valence-electron chi connectivity index (χ2n) is 8.61. The lowest BCUT2D eigenvalue weighted by Crippen LogP contribution is -2.51. The number of benzene rings is 3. The normalized spacial score (nSPS) is 16.1. The van der Waals surface area contributed by atoms with Crippen LogP contribution in [0.5, 0.6) is 5.75 Å². The van der Waals surface area contributed by atoms with Crippen molar-refractivity contribution in [2.45, 2.75) is 32.0 Å². The minimum Gasteiger partial charge on any atom is -0.492 e. The van der Waals surface area contributed by atoms with Crippen LogP contribution < -0.4 is 10.1 Å². The molecule has 7 heteroatoms. The van der Waals surface area contributed by atoms with Crippen LogP contribution in [0.15, 0.2) is 72.8 Å². The number of amides is 1. The first-order chi connectivity index (χ1) is 16.9. The van der Waals surface area contributed by atoms with Gasteiger partial charge in [0.1, 0.15) is 18.2 Å². The molecule has 2 atom stereocenters. The Labute approximate surface area is 204 Å². The summed E-state index contributed by atoms with van der Waals surface area (Å²) in [7, 11) is 1.35. The number of hydrogen-bond acceptors (Lipinski definition) is 5. The van der Waals surface area contributed by atoms with Gasteiger partial charge in [-0.2, -0.15) is 0 Å². The molecule has 0 unspecified atom stereocenters. The minimum atomic E-state index is -0.396. The Morgan fingerprint density at radius 3 is 2.40 bits per heavy atom. The maximum Gasteiger partial charge on any atom is 0.337 e. The van der Waals surface area contributed by atoms with Gasteiger partial charge in [-0.25, -0.2) is 9.18 Å². The quantitative estimate of drug-likeness (QED) is 0.491. The standard InChI is InChI=1S/C28H29FN2O4/c1-19(20-7-9-21(10-8-20)28(33)34-2)30-27(32)26-17-22-5-3-4-6-23(22)18-31(26)15-16-35-25-13-11-24(29)12-14-25/h3-14,19,26H,15-18H2,1-2H3,(H,30,32)/t19-,26+/m0/s1. The fraction of sp³-hybridized carbons (Fsp3) is 0.286. The first kappa shape index (κ1) is 24.4. The third kappa shape index (κ3) is 6.05. The number of ether oxygens (including phenoxy) is 2. The Morgan fingerprint density at radius 1 is 1.03 bits per heavy atom. The van der Waals surface area contributed by atoms with Crippen molar-refractivity contribution in [1.29, 1.82) is 0 Å². The van der Waals surface area contributed by atoms with Gasteiger partial charge in [0.05, 0.1) is 24.8 Å². The molecule has 0 saturated heterocycles. The number of nitrogens with zero attached hydrogens (tertiary/aromatic N) is 1. The smallest absolute Gasteiger partial charge is 0.337 e. The number of methoxy groups -OCH3 is 1. The van der Waals surface area contributed by atoms with Crippen molar-refractivity contribution < 1.29 is 23.5 Å². The molecule has 1 heterocycles. The Bertz CT molecular complexity index is 1160. The molecular weight excluding hydrogens is 447 g/mol. The molecule has 182 valence electrons. The highest BCUT2D eigenvalue weighted by Gasteiger charge is 2.32. The van der Waals surface area contributed by atoms with Gasteiger partial charge in [0.15, 0.2) is 0 Å². The average Bonchev–Trinajstić information content (AvgIpc) is 2.89. The van der Waals surface area contributed by atoms with Crippen LogP contribution in [0.3, 0.4) is 0 Å². The highest BCUT2D eigenvalue weighted by atomic mass is 19.1. The lowest BCUT2D eigenvalue weighted by Gasteiger charge is -2.36. The summed E-state index contributed by atoms with van der Waals surface area (Å²) in [6.45, 7) is 3.49. The number of rotatable bonds is 8. The molecule has 3 aromatic carbocycles. The second kappa shape index (κ2) is 11.1. The lowest BCUT2D eigenvalue weighted by atomic mass is 9.93. The van der Waals surface area contributed by atoms with Gasteiger partial charge in [0, 0.05) is 13.1 Å². The number of carbonyl (C=O) groups is 2. The number of hydrogen-bond donors (Lipinski definition) is 1. The van der Waals surface area contributed by atoms with Crippen molar-refractivity contribution in [3.63, 3.8) is 0 Å². The number of carbonyl (C=O) groups excluding carboxylic acids is 2. The third-order valence-electron chi connectivity index (χ3n) is 6.30. The van der Waals surface area contributed by atoms with Gasteiger partial charge in [-0.1, -0.05) is 36.4 Å². The van der Waals surface area contributed by atoms with Crippen molar-refractivity contribution in [2.75, 3.05) is 20.3 Å². The van der Waals surface area contributed by atoms with Crippen molar-refractivity contribution in [3.05, 3.63) is 101 Å². The van der Waals surface area contributed by atoms with Gasteiger partial charge in [-0.05, 0) is 66.4 Å². The van der Waals surface area contributed by atoms with Crippen LogP contribution in [-0.4, -0.2) is 43.1 Å². The van der Waals surface area contributed by atoms with E-state index >= 15 is 0 Å². The molecule has 4 rings (SSSR count). The molecule has 1 N–H and O–H groups in total. The molecule has 0 bridgehead atoms. The second-order valence-corrected chi connectivity index (χ2v) is 8.61. The van der Waals surface area contributed by atoms with Crippen LogP contribution in [0.2, 0.25) is 0 Å². The molecule has 0 radical (unpaired) electrons. The summed E-state index contributed by atoms with van der Waals surface area (Å²) >= 11 is 0. The van der Waals surface area contributed by atoms with Gasteiger partial charge in [0.2, 0.25) is 5.91 Å². The van der Waals surface area contributed by atoms with E-state index in [-0.39, 0.29) is 23.8 Å². The first-order valence-corrected chi connectivity index (χ1v) is 11.6. The zero-order valence-electron chi connectivity index (χ0n) is 19.9. The van der Waals surface area contributed by atoms with Crippen LogP contribution in [0.1, 0.15) is 40.0 Å². The van der Waals surface area contributed by atoms with Gasteiger partial charge in [0.25, 0.3) is 0 Å². The first-order valence-electron chi connectivity index (χ1n) is 11.6. The fourth-order valence-corrected chi connectivity index (χ4v) is 4.30. The van der Waals surface area contributed by atoms with Crippen LogP contribution in [-0.2, 0) is 22.5 Å². The van der Waals surface area contributed by atoms with Crippen molar-refractivity contribution >= 4 is 11.9 Å². The topological polar surface area (TPSA) is 67.9 Å². The molecule has 1 aliphatic heterocycles. The summed E-state index contributed by atoms with van der Waals surface area (Å²) < 4.78 is 23.7. The number of fused-ring (bicyclic) bond motifs is 1. The zero-order valence-corrected chi connectivity index (χ0v) is 19.9. The summed E-state index contributed by atoms with van der Waals surface area (Å²) in [5.41, 5.74) is 3.72. The predicted octanol–water partition coefficient (Wildman–Crippen LogP) is 4.30. The van der Waals surface area contributed by atoms with E-state index in [0.29, 0.717) is 37.4 Å². The summed E-state index contributed by atoms with van der Waals surface area (Å²) in [6.07, 6.45) is 0.604. The van der Waals surface area contributed by atoms with Crippen LogP contribution in [0, 0.1) is 5.82 Å². The average molecular weight is 477 g/mol. The summed E-state index contributed by atoms with van der Waals surface area (Å²) in [6, 6.07) is 20.5. The predicted molar refractivity (Wildman–Crippen MR) is 131 cm³/mol. The van der Waals surface area contributed by atoms with Crippen LogP contribution in [0.25, 0.3) is 0 Å². The molecule has 0 saturated carbocycles. The van der Waals surface area contributed by atoms with E-state index in [1.165, 1.54) is 30.4 Å². The Morgan fingerprint density at radius 2 is 1.71 bits per heavy atom. The third-order valence-corrected chi connectivity index (χ3v) is 6.30. The van der Waals surface area contributed by atoms with Gasteiger partial charge < -0.3 is 14.8 Å². The zero-order chi connectivity index (χ0) is 24.8. The highest BCUT2D eigenvalue weighted by Crippen LogP contribution is 2.24. The number of esters is 1. The molecule has 35 heavy (non-hydrogen) atoms. The van der Waals surface area contributed by atoms with E-state index in [9.17, 15) is 14.0 Å². The van der Waals surface area contributed by atoms with Crippen molar-refractivity contribution in [2.24, 2.45) is 0 Å². The van der Waals surface area contributed by atoms with E-state index in [4.69, 9.17) is 9.47 Å². The largest absolute Gasteiger partial charge is 0.492 e. The fourth-order valence-electron chi connectivity index (χ4n) is 4.30. The summed E-state index contributed by atoms with van der Waals surface area (Å²) in [5, 5.41) is 3.12. The highest BCUT2D eigenvalue weighted by molar-refractivity contribution is 5.89. The van der Waals surface area contributed by atoms with Gasteiger partial charge in [-0.3, -0.25) is 9.69 Å². The monoisotopic (exact) mass is 476 g/mol. The Kier molecular flexibility index (Phi) is 7.77. The molecule has 0 aromatic heterocycles. The Balaban J connectivity index is 1.43. The molecule has 0 spiro atoms. The molecule has 0 fully saturated rings. The van der Waals surface area contributed by atoms with Crippen LogP contribution >= 0.6 is 0 Å². The minimum absolute atomic E-state index is 0.0640. The Hall–Kier alpha value is -3.71. The van der Waals surface area contributed by atoms with Gasteiger partial charge >= 0.3 is 5.97 Å². The number of nitrogens with one attached hydrogen (secondary N) is 1. The van der Waals surface area contributed by atoms with Crippen molar-refractivity contribution in [1.82, 2.24) is 10.2 Å². The van der Waals surface area contributed by atoms with Gasteiger partial charge in [-0.15, -0.1) is 0 Å². The maximum absolute atomic E-state index is 13.4. The van der Waals surface area contributed by atoms with Crippen molar-refractivity contribution in [3.8, 4) is 5.75 Å². The SMILES string of the molecule is COC(=O)c1ccc([C@H](C)NC(=O)[C@H]2Cc3ccccc3CN2CCOc2ccc(F)cc2)cc1. The molecular formula is C28H29FN2O4. The molecule has 0 aliphatic carbocycles.